The number of hydrogen-bond acceptors (Lipinski definition) is 7. The standard InChI is InChI=1S/C21H26N6O4S/c1-14(2)26-13-11-18(25-26)20-23-24-21(31-20)22-19(28)16-7-9-17(10-8-16)32(29,30)27-12-5-4-6-15(27)3/h7-11,13-15H,4-6,12H2,1-3H3,(H,22,24,28). The number of nitrogens with zero attached hydrogens (tertiary/aromatic N) is 5. The summed E-state index contributed by atoms with van der Waals surface area (Å²) in [5, 5.41) is 14.6. The topological polar surface area (TPSA) is 123 Å². The van der Waals surface area contributed by atoms with Crippen LogP contribution >= 0.6 is 0 Å². The molecule has 32 heavy (non-hydrogen) atoms. The normalized spacial score (nSPS) is 17.6. The Balaban J connectivity index is 1.45. The highest BCUT2D eigenvalue weighted by atomic mass is 32.2. The van der Waals surface area contributed by atoms with E-state index in [1.54, 1.807) is 10.7 Å². The Kier molecular flexibility index (Phi) is 6.11. The number of carbonyl (C=O) groups excluding carboxylic acids is 1. The average molecular weight is 459 g/mol. The number of hydrogen-bond donors (Lipinski definition) is 1. The molecule has 1 aromatic carbocycles. The highest BCUT2D eigenvalue weighted by molar-refractivity contribution is 7.89. The highest BCUT2D eigenvalue weighted by Crippen LogP contribution is 2.25. The van der Waals surface area contributed by atoms with E-state index in [1.165, 1.54) is 28.6 Å². The first-order chi connectivity index (χ1) is 15.3. The molecule has 1 aliphatic rings. The van der Waals surface area contributed by atoms with Gasteiger partial charge < -0.3 is 4.42 Å². The minimum Gasteiger partial charge on any atom is -0.401 e. The largest absolute Gasteiger partial charge is 0.401 e. The van der Waals surface area contributed by atoms with E-state index in [2.05, 4.69) is 20.6 Å². The number of amides is 1. The molecule has 10 nitrogen and oxygen atoms in total. The third-order valence-electron chi connectivity index (χ3n) is 5.47. The fourth-order valence-corrected chi connectivity index (χ4v) is 5.33. The lowest BCUT2D eigenvalue weighted by atomic mass is 10.1. The Labute approximate surface area is 186 Å². The molecule has 1 amide bonds. The first-order valence-electron chi connectivity index (χ1n) is 10.6. The lowest BCUT2D eigenvalue weighted by Crippen LogP contribution is -2.41. The predicted octanol–water partition coefficient (Wildman–Crippen LogP) is 3.33. The maximum atomic E-state index is 12.9. The van der Waals surface area contributed by atoms with E-state index in [1.807, 2.05) is 27.0 Å². The minimum absolute atomic E-state index is 0.0321. The first kappa shape index (κ1) is 22.2. The van der Waals surface area contributed by atoms with Gasteiger partial charge in [0.1, 0.15) is 5.69 Å². The summed E-state index contributed by atoms with van der Waals surface area (Å²) in [6, 6.07) is 7.68. The Bertz CT molecular complexity index is 1200. The molecule has 1 atom stereocenters. The van der Waals surface area contributed by atoms with Crippen molar-refractivity contribution < 1.29 is 17.6 Å². The van der Waals surface area contributed by atoms with Crippen LogP contribution in [0.15, 0.2) is 45.8 Å². The summed E-state index contributed by atoms with van der Waals surface area (Å²) in [4.78, 5) is 12.7. The van der Waals surface area contributed by atoms with Gasteiger partial charge in [0.2, 0.25) is 10.0 Å². The second kappa shape index (κ2) is 8.83. The molecule has 11 heteroatoms. The molecule has 4 rings (SSSR count). The molecular formula is C21H26N6O4S. The molecule has 0 aliphatic carbocycles. The number of benzene rings is 1. The Morgan fingerprint density at radius 1 is 1.16 bits per heavy atom. The van der Waals surface area contributed by atoms with Gasteiger partial charge in [-0.25, -0.2) is 8.42 Å². The number of rotatable bonds is 6. The van der Waals surface area contributed by atoms with Crippen molar-refractivity contribution in [2.45, 2.75) is 57.0 Å². The van der Waals surface area contributed by atoms with Crippen LogP contribution in [0.5, 0.6) is 0 Å². The summed E-state index contributed by atoms with van der Waals surface area (Å²) in [5.74, 6) is -0.292. The molecule has 170 valence electrons. The number of nitrogens with one attached hydrogen (secondary N) is 1. The van der Waals surface area contributed by atoms with Crippen LogP contribution in [-0.4, -0.2) is 51.2 Å². The summed E-state index contributed by atoms with van der Waals surface area (Å²) >= 11 is 0. The van der Waals surface area contributed by atoms with E-state index in [0.717, 1.165) is 19.3 Å². The van der Waals surface area contributed by atoms with Crippen LogP contribution in [0.25, 0.3) is 11.6 Å². The first-order valence-corrected chi connectivity index (χ1v) is 12.0. The molecule has 2 aromatic heterocycles. The molecule has 1 unspecified atom stereocenters. The van der Waals surface area contributed by atoms with Crippen LogP contribution in [0.2, 0.25) is 0 Å². The smallest absolute Gasteiger partial charge is 0.322 e. The van der Waals surface area contributed by atoms with E-state index in [-0.39, 0.29) is 34.4 Å². The van der Waals surface area contributed by atoms with Crippen LogP contribution in [0, 0.1) is 0 Å². The van der Waals surface area contributed by atoms with Crippen molar-refractivity contribution in [1.29, 1.82) is 0 Å². The second-order valence-corrected chi connectivity index (χ2v) is 10.0. The molecule has 0 bridgehead atoms. The van der Waals surface area contributed by atoms with Crippen molar-refractivity contribution in [3.05, 3.63) is 42.1 Å². The van der Waals surface area contributed by atoms with Gasteiger partial charge >= 0.3 is 6.01 Å². The van der Waals surface area contributed by atoms with Gasteiger partial charge in [-0.1, -0.05) is 11.5 Å². The zero-order valence-electron chi connectivity index (χ0n) is 18.2. The number of aromatic nitrogens is 4. The van der Waals surface area contributed by atoms with Crippen molar-refractivity contribution >= 4 is 21.9 Å². The number of anilines is 1. The maximum Gasteiger partial charge on any atom is 0.322 e. The van der Waals surface area contributed by atoms with Crippen molar-refractivity contribution in [3.8, 4) is 11.6 Å². The summed E-state index contributed by atoms with van der Waals surface area (Å²) in [6.45, 7) is 6.44. The molecule has 3 heterocycles. The van der Waals surface area contributed by atoms with Gasteiger partial charge in [-0.3, -0.25) is 14.8 Å². The quantitative estimate of drug-likeness (QED) is 0.601. The molecule has 1 N–H and O–H groups in total. The Morgan fingerprint density at radius 3 is 2.56 bits per heavy atom. The highest BCUT2D eigenvalue weighted by Gasteiger charge is 2.31. The van der Waals surface area contributed by atoms with Gasteiger partial charge in [0.25, 0.3) is 11.8 Å². The van der Waals surface area contributed by atoms with E-state index >= 15 is 0 Å². The van der Waals surface area contributed by atoms with Gasteiger partial charge in [-0.15, -0.1) is 5.10 Å². The van der Waals surface area contributed by atoms with Gasteiger partial charge in [-0.05, 0) is 63.9 Å². The maximum absolute atomic E-state index is 12.9. The van der Waals surface area contributed by atoms with Crippen LogP contribution in [-0.2, 0) is 10.0 Å². The third-order valence-corrected chi connectivity index (χ3v) is 7.49. The van der Waals surface area contributed by atoms with Gasteiger partial charge in [0, 0.05) is 30.4 Å². The van der Waals surface area contributed by atoms with Gasteiger partial charge in [0.05, 0.1) is 4.90 Å². The van der Waals surface area contributed by atoms with Crippen molar-refractivity contribution in [3.63, 3.8) is 0 Å². The van der Waals surface area contributed by atoms with Crippen molar-refractivity contribution in [2.75, 3.05) is 11.9 Å². The molecule has 0 radical (unpaired) electrons. The average Bonchev–Trinajstić information content (AvgIpc) is 3.44. The minimum atomic E-state index is -3.59. The molecule has 3 aromatic rings. The fourth-order valence-electron chi connectivity index (χ4n) is 3.63. The van der Waals surface area contributed by atoms with Gasteiger partial charge in [0.15, 0.2) is 0 Å². The molecule has 0 spiro atoms. The molecule has 1 saturated heterocycles. The zero-order valence-corrected chi connectivity index (χ0v) is 19.0. The van der Waals surface area contributed by atoms with E-state index in [9.17, 15) is 13.2 Å². The SMILES string of the molecule is CC1CCCCN1S(=O)(=O)c1ccc(C(=O)Nc2nnc(-c3ccn(C(C)C)n3)o2)cc1. The van der Waals surface area contributed by atoms with E-state index < -0.39 is 15.9 Å². The number of sulfonamides is 1. The molecule has 0 saturated carbocycles. The number of piperidine rings is 1. The van der Waals surface area contributed by atoms with Gasteiger partial charge in [-0.2, -0.15) is 9.40 Å². The second-order valence-electron chi connectivity index (χ2n) is 8.13. The lowest BCUT2D eigenvalue weighted by molar-refractivity contribution is 0.102. The van der Waals surface area contributed by atoms with Crippen LogP contribution in [0.4, 0.5) is 6.01 Å². The summed E-state index contributed by atoms with van der Waals surface area (Å²) in [5.41, 5.74) is 0.785. The summed E-state index contributed by atoms with van der Waals surface area (Å²) < 4.78 is 34.7. The lowest BCUT2D eigenvalue weighted by Gasteiger charge is -2.32. The Hall–Kier alpha value is -3.05. The monoisotopic (exact) mass is 458 g/mol. The van der Waals surface area contributed by atoms with Crippen molar-refractivity contribution in [1.82, 2.24) is 24.3 Å². The Morgan fingerprint density at radius 2 is 1.91 bits per heavy atom. The summed E-state index contributed by atoms with van der Waals surface area (Å²) in [7, 11) is -3.59. The summed E-state index contributed by atoms with van der Waals surface area (Å²) in [6.07, 6.45) is 4.55. The molecular weight excluding hydrogens is 432 g/mol. The zero-order chi connectivity index (χ0) is 22.9. The van der Waals surface area contributed by atoms with E-state index in [0.29, 0.717) is 12.2 Å². The van der Waals surface area contributed by atoms with Crippen LogP contribution in [0.1, 0.15) is 56.4 Å². The number of carbonyl (C=O) groups is 1. The van der Waals surface area contributed by atoms with Crippen LogP contribution < -0.4 is 5.32 Å². The fraction of sp³-hybridized carbons (Fsp3) is 0.429. The molecule has 1 aliphatic heterocycles. The van der Waals surface area contributed by atoms with Crippen LogP contribution in [0.3, 0.4) is 0 Å². The van der Waals surface area contributed by atoms with E-state index in [4.69, 9.17) is 4.42 Å². The predicted molar refractivity (Wildman–Crippen MR) is 118 cm³/mol. The van der Waals surface area contributed by atoms with Crippen molar-refractivity contribution in [2.24, 2.45) is 0 Å². The molecule has 1 fully saturated rings. The third kappa shape index (κ3) is 4.44.